The van der Waals surface area contributed by atoms with Crippen LogP contribution in [0.2, 0.25) is 0 Å². The van der Waals surface area contributed by atoms with Crippen LogP contribution in [-0.2, 0) is 6.54 Å². The average Bonchev–Trinajstić information content (AvgIpc) is 2.90. The van der Waals surface area contributed by atoms with Crippen LogP contribution in [0.4, 0.5) is 0 Å². The topological polar surface area (TPSA) is 47.8 Å². The maximum Gasteiger partial charge on any atom is 0.264 e. The van der Waals surface area contributed by atoms with Crippen LogP contribution in [0.3, 0.4) is 0 Å². The highest BCUT2D eigenvalue weighted by atomic mass is 79.9. The second kappa shape index (κ2) is 4.56. The van der Waals surface area contributed by atoms with E-state index in [4.69, 9.17) is 0 Å². The molecule has 0 aliphatic heterocycles. The van der Waals surface area contributed by atoms with Gasteiger partial charge in [0.25, 0.3) is 5.56 Å². The number of hydrogen-bond donors (Lipinski definition) is 0. The van der Waals surface area contributed by atoms with E-state index in [1.54, 1.807) is 22.2 Å². The van der Waals surface area contributed by atoms with Crippen LogP contribution in [0.1, 0.15) is 10.6 Å². The molecule has 0 aliphatic rings. The Labute approximate surface area is 119 Å². The third-order valence-electron chi connectivity index (χ3n) is 2.59. The summed E-state index contributed by atoms with van der Waals surface area (Å²) in [6, 6.07) is 3.98. The van der Waals surface area contributed by atoms with Crippen molar-refractivity contribution >= 4 is 49.0 Å². The fourth-order valence-corrected chi connectivity index (χ4v) is 3.94. The van der Waals surface area contributed by atoms with E-state index in [1.807, 2.05) is 19.1 Å². The predicted molar refractivity (Wildman–Crippen MR) is 77.5 cm³/mol. The quantitative estimate of drug-likeness (QED) is 0.719. The number of halogens is 1. The summed E-state index contributed by atoms with van der Waals surface area (Å²) in [4.78, 5) is 18.4. The molecule has 0 atom stereocenters. The molecular formula is C11H8BrN3OS2. The highest BCUT2D eigenvalue weighted by molar-refractivity contribution is 9.11. The fourth-order valence-electron chi connectivity index (χ4n) is 1.73. The Bertz CT molecular complexity index is 774. The van der Waals surface area contributed by atoms with Gasteiger partial charge in [-0.05, 0) is 46.5 Å². The van der Waals surface area contributed by atoms with Gasteiger partial charge in [0.05, 0.1) is 27.7 Å². The first-order valence-electron chi connectivity index (χ1n) is 5.21. The lowest BCUT2D eigenvalue weighted by Gasteiger charge is -2.02. The molecule has 0 amide bonds. The highest BCUT2D eigenvalue weighted by Gasteiger charge is 2.10. The van der Waals surface area contributed by atoms with Crippen LogP contribution in [0, 0.1) is 6.92 Å². The van der Waals surface area contributed by atoms with Crippen molar-refractivity contribution in [2.24, 2.45) is 0 Å². The van der Waals surface area contributed by atoms with Crippen molar-refractivity contribution in [2.75, 3.05) is 0 Å². The van der Waals surface area contributed by atoms with Gasteiger partial charge < -0.3 is 0 Å². The smallest absolute Gasteiger partial charge is 0.264 e. The molecule has 0 spiro atoms. The van der Waals surface area contributed by atoms with E-state index < -0.39 is 0 Å². The molecular weight excluding hydrogens is 334 g/mol. The standard InChI is InChI=1S/C11H8BrN3OS2/c1-6-9-10(18-14-6)13-5-15(11(9)16)4-7-2-3-8(12)17-7/h2-3,5H,4H2,1H3. The molecule has 18 heavy (non-hydrogen) atoms. The number of hydrogen-bond acceptors (Lipinski definition) is 5. The van der Waals surface area contributed by atoms with Gasteiger partial charge in [-0.3, -0.25) is 9.36 Å². The van der Waals surface area contributed by atoms with Gasteiger partial charge in [0.15, 0.2) is 4.83 Å². The summed E-state index contributed by atoms with van der Waals surface area (Å²) in [5.41, 5.74) is 0.741. The summed E-state index contributed by atoms with van der Waals surface area (Å²) in [5, 5.41) is 0.637. The summed E-state index contributed by atoms with van der Waals surface area (Å²) < 4.78 is 6.86. The van der Waals surface area contributed by atoms with Crippen LogP contribution < -0.4 is 5.56 Å². The predicted octanol–water partition coefficient (Wildman–Crippen LogP) is 3.03. The monoisotopic (exact) mass is 341 g/mol. The second-order valence-electron chi connectivity index (χ2n) is 3.83. The van der Waals surface area contributed by atoms with E-state index in [1.165, 1.54) is 11.5 Å². The number of rotatable bonds is 2. The van der Waals surface area contributed by atoms with Crippen molar-refractivity contribution in [3.05, 3.63) is 43.2 Å². The normalized spacial score (nSPS) is 11.2. The molecule has 0 bridgehead atoms. The zero-order valence-corrected chi connectivity index (χ0v) is 12.6. The SMILES string of the molecule is Cc1nsc2ncn(Cc3ccc(Br)s3)c(=O)c12. The van der Waals surface area contributed by atoms with Crippen LogP contribution in [0.25, 0.3) is 10.2 Å². The van der Waals surface area contributed by atoms with Crippen LogP contribution in [0.15, 0.2) is 27.0 Å². The lowest BCUT2D eigenvalue weighted by molar-refractivity contribution is 0.759. The van der Waals surface area contributed by atoms with Crippen molar-refractivity contribution in [3.8, 4) is 0 Å². The van der Waals surface area contributed by atoms with Crippen molar-refractivity contribution < 1.29 is 0 Å². The Morgan fingerprint density at radius 2 is 2.28 bits per heavy atom. The Morgan fingerprint density at radius 3 is 3.00 bits per heavy atom. The van der Waals surface area contributed by atoms with Crippen LogP contribution >= 0.6 is 38.8 Å². The van der Waals surface area contributed by atoms with Crippen LogP contribution in [-0.4, -0.2) is 13.9 Å². The molecule has 0 saturated heterocycles. The van der Waals surface area contributed by atoms with Crippen molar-refractivity contribution in [1.29, 1.82) is 0 Å². The number of aryl methyl sites for hydroxylation is 1. The van der Waals surface area contributed by atoms with Crippen molar-refractivity contribution in [2.45, 2.75) is 13.5 Å². The Kier molecular flexibility index (Phi) is 3.04. The third kappa shape index (κ3) is 2.02. The first kappa shape index (κ1) is 12.0. The van der Waals surface area contributed by atoms with E-state index in [0.29, 0.717) is 16.8 Å². The largest absolute Gasteiger partial charge is 0.293 e. The maximum absolute atomic E-state index is 12.3. The molecule has 92 valence electrons. The molecule has 3 rings (SSSR count). The van der Waals surface area contributed by atoms with Gasteiger partial charge in [0.1, 0.15) is 0 Å². The minimum atomic E-state index is -0.0178. The molecule has 0 aliphatic carbocycles. The summed E-state index contributed by atoms with van der Waals surface area (Å²) in [5.74, 6) is 0. The molecule has 0 N–H and O–H groups in total. The molecule has 0 radical (unpaired) electrons. The van der Waals surface area contributed by atoms with E-state index in [2.05, 4.69) is 25.3 Å². The van der Waals surface area contributed by atoms with Gasteiger partial charge in [-0.2, -0.15) is 4.37 Å². The molecule has 0 unspecified atom stereocenters. The van der Waals surface area contributed by atoms with Gasteiger partial charge in [-0.1, -0.05) is 0 Å². The number of aromatic nitrogens is 3. The molecule has 3 aromatic heterocycles. The Balaban J connectivity index is 2.10. The second-order valence-corrected chi connectivity index (χ2v) is 7.13. The van der Waals surface area contributed by atoms with Crippen molar-refractivity contribution in [3.63, 3.8) is 0 Å². The Hall–Kier alpha value is -1.05. The lowest BCUT2D eigenvalue weighted by atomic mass is 10.3. The molecule has 0 saturated carbocycles. The third-order valence-corrected chi connectivity index (χ3v) is 5.04. The fraction of sp³-hybridized carbons (Fsp3) is 0.182. The van der Waals surface area contributed by atoms with E-state index in [9.17, 15) is 4.79 Å². The Morgan fingerprint density at radius 1 is 1.44 bits per heavy atom. The minimum Gasteiger partial charge on any atom is -0.293 e. The highest BCUT2D eigenvalue weighted by Crippen LogP contribution is 2.22. The molecule has 0 aromatic carbocycles. The zero-order chi connectivity index (χ0) is 12.7. The van der Waals surface area contributed by atoms with Crippen molar-refractivity contribution in [1.82, 2.24) is 13.9 Å². The molecule has 4 nitrogen and oxygen atoms in total. The molecule has 7 heteroatoms. The summed E-state index contributed by atoms with van der Waals surface area (Å²) >= 11 is 6.30. The zero-order valence-electron chi connectivity index (χ0n) is 9.38. The van der Waals surface area contributed by atoms with Gasteiger partial charge >= 0.3 is 0 Å². The van der Waals surface area contributed by atoms with E-state index in [-0.39, 0.29) is 5.56 Å². The van der Waals surface area contributed by atoms with Gasteiger partial charge in [0, 0.05) is 4.88 Å². The minimum absolute atomic E-state index is 0.0178. The number of fused-ring (bicyclic) bond motifs is 1. The molecule has 3 heterocycles. The van der Waals surface area contributed by atoms with Crippen LogP contribution in [0.5, 0.6) is 0 Å². The van der Waals surface area contributed by atoms with E-state index >= 15 is 0 Å². The first-order valence-corrected chi connectivity index (χ1v) is 7.59. The summed E-state index contributed by atoms with van der Waals surface area (Å²) in [6.45, 7) is 2.39. The van der Waals surface area contributed by atoms with Gasteiger partial charge in [-0.15, -0.1) is 11.3 Å². The number of thiophene rings is 1. The summed E-state index contributed by atoms with van der Waals surface area (Å²) in [7, 11) is 0. The molecule has 0 fully saturated rings. The average molecular weight is 342 g/mol. The summed E-state index contributed by atoms with van der Waals surface area (Å²) in [6.07, 6.45) is 1.59. The number of nitrogens with zero attached hydrogens (tertiary/aromatic N) is 3. The first-order chi connectivity index (χ1) is 8.65. The van der Waals surface area contributed by atoms with Gasteiger partial charge in [-0.25, -0.2) is 4.98 Å². The maximum atomic E-state index is 12.3. The van der Waals surface area contributed by atoms with Gasteiger partial charge in [0.2, 0.25) is 0 Å². The molecule has 3 aromatic rings. The lowest BCUT2D eigenvalue weighted by Crippen LogP contribution is -2.20. The van der Waals surface area contributed by atoms with E-state index in [0.717, 1.165) is 14.4 Å².